The fourth-order valence-corrected chi connectivity index (χ4v) is 5.10. The third-order valence-electron chi connectivity index (χ3n) is 7.03. The van der Waals surface area contributed by atoms with Crippen LogP contribution in [0.5, 0.6) is 5.75 Å². The van der Waals surface area contributed by atoms with Crippen molar-refractivity contribution in [1.82, 2.24) is 0 Å². The third kappa shape index (κ3) is 6.04. The number of aliphatic hydroxyl groups excluding tert-OH is 1. The highest BCUT2D eigenvalue weighted by Crippen LogP contribution is 2.36. The quantitative estimate of drug-likeness (QED) is 0.281. The lowest BCUT2D eigenvalue weighted by Crippen LogP contribution is -2.28. The van der Waals surface area contributed by atoms with Crippen molar-refractivity contribution in [2.45, 2.75) is 97.0 Å². The second-order valence-electron chi connectivity index (χ2n) is 9.17. The molecular formula is C25H37FO3. The van der Waals surface area contributed by atoms with E-state index in [9.17, 15) is 14.3 Å². The molecule has 3 rings (SSSR count). The molecule has 0 amide bonds. The summed E-state index contributed by atoms with van der Waals surface area (Å²) in [6.07, 6.45) is 15.9. The van der Waals surface area contributed by atoms with Crippen molar-refractivity contribution in [2.75, 3.05) is 0 Å². The van der Waals surface area contributed by atoms with E-state index >= 15 is 0 Å². The van der Waals surface area contributed by atoms with Gasteiger partial charge >= 0.3 is 5.97 Å². The highest BCUT2D eigenvalue weighted by molar-refractivity contribution is 5.78. The van der Waals surface area contributed by atoms with Gasteiger partial charge in [-0.25, -0.2) is 4.39 Å². The number of carbonyl (C=O) groups is 1. The van der Waals surface area contributed by atoms with Gasteiger partial charge in [-0.2, -0.15) is 0 Å². The van der Waals surface area contributed by atoms with E-state index in [1.807, 2.05) is 0 Å². The van der Waals surface area contributed by atoms with Crippen LogP contribution in [0.1, 0.15) is 95.1 Å². The van der Waals surface area contributed by atoms with Crippen molar-refractivity contribution in [3.63, 3.8) is 0 Å². The predicted octanol–water partition coefficient (Wildman–Crippen LogP) is 6.34. The first-order valence-electron chi connectivity index (χ1n) is 11.7. The summed E-state index contributed by atoms with van der Waals surface area (Å²) < 4.78 is 19.5. The van der Waals surface area contributed by atoms with E-state index in [2.05, 4.69) is 6.92 Å². The second kappa shape index (κ2) is 11.1. The molecule has 0 radical (unpaired) electrons. The smallest absolute Gasteiger partial charge is 0.314 e. The molecule has 1 aliphatic carbocycles. The van der Waals surface area contributed by atoms with Gasteiger partial charge in [0, 0.05) is 5.56 Å². The minimum Gasteiger partial charge on any atom is -0.423 e. The molecule has 1 saturated carbocycles. The first-order valence-corrected chi connectivity index (χ1v) is 11.7. The van der Waals surface area contributed by atoms with Crippen molar-refractivity contribution in [3.8, 4) is 5.75 Å². The number of hydrogen-bond acceptors (Lipinski definition) is 3. The molecule has 1 unspecified atom stereocenters. The van der Waals surface area contributed by atoms with E-state index in [-0.39, 0.29) is 29.8 Å². The molecule has 3 nitrogen and oxygen atoms in total. The molecule has 1 atom stereocenters. The SMILES string of the molecule is CCCCCC1CCC(CCCCC2Cc3ccc(CO)c(F)c3OC2=O)CC1. The fraction of sp³-hybridized carbons (Fsp3) is 0.720. The number of ether oxygens (including phenoxy) is 1. The van der Waals surface area contributed by atoms with Gasteiger partial charge in [0.05, 0.1) is 12.5 Å². The summed E-state index contributed by atoms with van der Waals surface area (Å²) in [5.41, 5.74) is 0.917. The van der Waals surface area contributed by atoms with Crippen LogP contribution in [-0.4, -0.2) is 11.1 Å². The molecule has 4 heteroatoms. The van der Waals surface area contributed by atoms with E-state index < -0.39 is 5.82 Å². The lowest BCUT2D eigenvalue weighted by molar-refractivity contribution is -0.140. The molecular weight excluding hydrogens is 367 g/mol. The van der Waals surface area contributed by atoms with Crippen LogP contribution in [0, 0.1) is 23.6 Å². The lowest BCUT2D eigenvalue weighted by atomic mass is 9.77. The van der Waals surface area contributed by atoms with E-state index in [0.29, 0.717) is 6.42 Å². The van der Waals surface area contributed by atoms with Crippen LogP contribution in [0.2, 0.25) is 0 Å². The maximum absolute atomic E-state index is 14.2. The number of unbranched alkanes of at least 4 members (excludes halogenated alkanes) is 3. The average molecular weight is 405 g/mol. The van der Waals surface area contributed by atoms with Gasteiger partial charge in [0.1, 0.15) is 0 Å². The summed E-state index contributed by atoms with van der Waals surface area (Å²) in [6.45, 7) is 1.88. The summed E-state index contributed by atoms with van der Waals surface area (Å²) in [4.78, 5) is 12.3. The standard InChI is InChI=1S/C25H37FO3/c1-2-3-4-7-18-10-12-19(13-11-18)8-5-6-9-21-16-20-14-15-22(17-27)23(26)24(20)29-25(21)28/h14-15,18-19,21,27H,2-13,16-17H2,1H3. The third-order valence-corrected chi connectivity index (χ3v) is 7.03. The molecule has 0 bridgehead atoms. The first kappa shape index (κ1) is 22.3. The normalized spacial score (nSPS) is 24.2. The fourth-order valence-electron chi connectivity index (χ4n) is 5.10. The lowest BCUT2D eigenvalue weighted by Gasteiger charge is -2.29. The number of esters is 1. The molecule has 2 aliphatic rings. The predicted molar refractivity (Wildman–Crippen MR) is 113 cm³/mol. The summed E-state index contributed by atoms with van der Waals surface area (Å²) in [7, 11) is 0. The van der Waals surface area contributed by atoms with Crippen LogP contribution >= 0.6 is 0 Å². The zero-order valence-electron chi connectivity index (χ0n) is 17.9. The van der Waals surface area contributed by atoms with Crippen LogP contribution in [0.4, 0.5) is 4.39 Å². The molecule has 0 spiro atoms. The molecule has 29 heavy (non-hydrogen) atoms. The monoisotopic (exact) mass is 404 g/mol. The molecule has 1 aliphatic heterocycles. The van der Waals surface area contributed by atoms with Gasteiger partial charge < -0.3 is 9.84 Å². The van der Waals surface area contributed by atoms with Gasteiger partial charge in [0.25, 0.3) is 0 Å². The number of hydrogen-bond donors (Lipinski definition) is 1. The molecule has 162 valence electrons. The van der Waals surface area contributed by atoms with Crippen LogP contribution in [0.3, 0.4) is 0 Å². The highest BCUT2D eigenvalue weighted by Gasteiger charge is 2.31. The Labute approximate surface area is 175 Å². The average Bonchev–Trinajstić information content (AvgIpc) is 2.73. The summed E-state index contributed by atoms with van der Waals surface area (Å²) in [5.74, 6) is 0.759. The number of halogens is 1. The number of fused-ring (bicyclic) bond motifs is 1. The number of aliphatic hydroxyl groups is 1. The number of benzene rings is 1. The minimum absolute atomic E-state index is 0.0218. The Hall–Kier alpha value is -1.42. The van der Waals surface area contributed by atoms with E-state index in [1.54, 1.807) is 12.1 Å². The topological polar surface area (TPSA) is 46.5 Å². The number of rotatable bonds is 10. The van der Waals surface area contributed by atoms with E-state index in [4.69, 9.17) is 4.74 Å². The van der Waals surface area contributed by atoms with Crippen molar-refractivity contribution in [2.24, 2.45) is 17.8 Å². The van der Waals surface area contributed by atoms with Gasteiger partial charge in [-0.3, -0.25) is 4.79 Å². The molecule has 1 aromatic rings. The van der Waals surface area contributed by atoms with Crippen LogP contribution in [0.25, 0.3) is 0 Å². The van der Waals surface area contributed by atoms with Crippen molar-refractivity contribution < 1.29 is 19.0 Å². The number of carbonyl (C=O) groups excluding carboxylic acids is 1. The maximum Gasteiger partial charge on any atom is 0.314 e. The Morgan fingerprint density at radius 3 is 2.24 bits per heavy atom. The van der Waals surface area contributed by atoms with Gasteiger partial charge in [-0.05, 0) is 30.2 Å². The van der Waals surface area contributed by atoms with Gasteiger partial charge in [0.15, 0.2) is 11.6 Å². The van der Waals surface area contributed by atoms with Crippen molar-refractivity contribution in [1.29, 1.82) is 0 Å². The molecule has 1 N–H and O–H groups in total. The van der Waals surface area contributed by atoms with Gasteiger partial charge in [0.2, 0.25) is 0 Å². The Kier molecular flexibility index (Phi) is 8.53. The molecule has 1 fully saturated rings. The molecule has 0 saturated heterocycles. The summed E-state index contributed by atoms with van der Waals surface area (Å²) in [6, 6.07) is 3.37. The van der Waals surface area contributed by atoms with Crippen LogP contribution in [-0.2, 0) is 17.8 Å². The molecule has 0 aromatic heterocycles. The minimum atomic E-state index is -0.595. The Morgan fingerprint density at radius 1 is 1.00 bits per heavy atom. The van der Waals surface area contributed by atoms with Crippen molar-refractivity contribution in [3.05, 3.63) is 29.1 Å². The zero-order chi connectivity index (χ0) is 20.6. The molecule has 1 heterocycles. The van der Waals surface area contributed by atoms with Crippen LogP contribution < -0.4 is 4.74 Å². The Morgan fingerprint density at radius 2 is 1.62 bits per heavy atom. The van der Waals surface area contributed by atoms with Gasteiger partial charge in [-0.1, -0.05) is 89.7 Å². The second-order valence-corrected chi connectivity index (χ2v) is 9.17. The van der Waals surface area contributed by atoms with Crippen molar-refractivity contribution >= 4 is 5.97 Å². The highest BCUT2D eigenvalue weighted by atomic mass is 19.1. The van der Waals surface area contributed by atoms with Crippen LogP contribution in [0.15, 0.2) is 12.1 Å². The first-order chi connectivity index (χ1) is 14.1. The Balaban J connectivity index is 1.36. The van der Waals surface area contributed by atoms with Gasteiger partial charge in [-0.15, -0.1) is 0 Å². The molecule has 1 aromatic carbocycles. The largest absolute Gasteiger partial charge is 0.423 e. The zero-order valence-corrected chi connectivity index (χ0v) is 17.9. The maximum atomic E-state index is 14.2. The Bertz CT molecular complexity index is 664. The summed E-state index contributed by atoms with van der Waals surface area (Å²) >= 11 is 0. The summed E-state index contributed by atoms with van der Waals surface area (Å²) in [5, 5.41) is 9.17. The van der Waals surface area contributed by atoms with E-state index in [0.717, 1.165) is 30.2 Å². The van der Waals surface area contributed by atoms with E-state index in [1.165, 1.54) is 64.2 Å².